The molecule has 0 unspecified atom stereocenters. The molecule has 0 heterocycles. The first kappa shape index (κ1) is 13.1. The molecule has 0 aliphatic heterocycles. The van der Waals surface area contributed by atoms with Crippen LogP contribution in [0.25, 0.3) is 5.57 Å². The molecule has 0 spiro atoms. The Morgan fingerprint density at radius 1 is 1.24 bits per heavy atom. The topological polar surface area (TPSA) is 44.8 Å². The first-order chi connectivity index (χ1) is 8.15. The lowest BCUT2D eigenvalue weighted by Gasteiger charge is -2.13. The molecule has 0 radical (unpaired) electrons. The number of benzene rings is 1. The van der Waals surface area contributed by atoms with Crippen LogP contribution in [0.3, 0.4) is 0 Å². The van der Waals surface area contributed by atoms with Gasteiger partial charge in [-0.05, 0) is 19.1 Å². The Morgan fingerprint density at radius 3 is 2.18 bits per heavy atom. The molecule has 17 heavy (non-hydrogen) atoms. The van der Waals surface area contributed by atoms with E-state index < -0.39 is 5.97 Å². The SMILES string of the molecule is C=C(C(=O)OCC)c1c(OC)cccc1OC. The van der Waals surface area contributed by atoms with Crippen molar-refractivity contribution in [2.24, 2.45) is 0 Å². The summed E-state index contributed by atoms with van der Waals surface area (Å²) in [4.78, 5) is 11.6. The van der Waals surface area contributed by atoms with E-state index in [0.717, 1.165) is 0 Å². The van der Waals surface area contributed by atoms with Crippen molar-refractivity contribution >= 4 is 11.5 Å². The largest absolute Gasteiger partial charge is 0.496 e. The van der Waals surface area contributed by atoms with Crippen molar-refractivity contribution in [1.82, 2.24) is 0 Å². The van der Waals surface area contributed by atoms with Gasteiger partial charge in [-0.3, -0.25) is 0 Å². The molecule has 4 nitrogen and oxygen atoms in total. The van der Waals surface area contributed by atoms with Crippen molar-refractivity contribution in [3.63, 3.8) is 0 Å². The predicted molar refractivity (Wildman–Crippen MR) is 65.2 cm³/mol. The summed E-state index contributed by atoms with van der Waals surface area (Å²) >= 11 is 0. The van der Waals surface area contributed by atoms with Gasteiger partial charge in [-0.15, -0.1) is 0 Å². The molecule has 0 amide bonds. The molecule has 0 saturated carbocycles. The van der Waals surface area contributed by atoms with E-state index in [1.165, 1.54) is 14.2 Å². The molecule has 0 aromatic heterocycles. The van der Waals surface area contributed by atoms with Crippen LogP contribution in [0.4, 0.5) is 0 Å². The number of carbonyl (C=O) groups excluding carboxylic acids is 1. The second kappa shape index (κ2) is 5.94. The summed E-state index contributed by atoms with van der Waals surface area (Å²) < 4.78 is 15.3. The number of methoxy groups -OCH3 is 2. The van der Waals surface area contributed by atoms with Crippen LogP contribution in [0, 0.1) is 0 Å². The number of rotatable bonds is 5. The third kappa shape index (κ3) is 2.78. The van der Waals surface area contributed by atoms with Crippen LogP contribution < -0.4 is 9.47 Å². The van der Waals surface area contributed by atoms with Gasteiger partial charge < -0.3 is 14.2 Å². The zero-order chi connectivity index (χ0) is 12.8. The Bertz CT molecular complexity index is 401. The van der Waals surface area contributed by atoms with Crippen LogP contribution in [0.5, 0.6) is 11.5 Å². The van der Waals surface area contributed by atoms with Gasteiger partial charge in [-0.25, -0.2) is 4.79 Å². The number of hydrogen-bond acceptors (Lipinski definition) is 4. The minimum Gasteiger partial charge on any atom is -0.496 e. The third-order valence-electron chi connectivity index (χ3n) is 2.25. The number of esters is 1. The van der Waals surface area contributed by atoms with Crippen LogP contribution in [0.2, 0.25) is 0 Å². The second-order valence-corrected chi connectivity index (χ2v) is 3.24. The molecular formula is C13H16O4. The lowest BCUT2D eigenvalue weighted by molar-refractivity contribution is -0.136. The normalized spacial score (nSPS) is 9.59. The van der Waals surface area contributed by atoms with Crippen molar-refractivity contribution in [3.05, 3.63) is 30.3 Å². The highest BCUT2D eigenvalue weighted by molar-refractivity contribution is 6.17. The number of carbonyl (C=O) groups is 1. The highest BCUT2D eigenvalue weighted by Crippen LogP contribution is 2.34. The molecule has 0 saturated heterocycles. The summed E-state index contributed by atoms with van der Waals surface area (Å²) in [6.45, 7) is 5.77. The Kier molecular flexibility index (Phi) is 4.57. The maximum atomic E-state index is 11.6. The highest BCUT2D eigenvalue weighted by Gasteiger charge is 2.19. The van der Waals surface area contributed by atoms with Gasteiger partial charge >= 0.3 is 5.97 Å². The molecule has 4 heteroatoms. The monoisotopic (exact) mass is 236 g/mol. The van der Waals surface area contributed by atoms with E-state index in [1.807, 2.05) is 0 Å². The highest BCUT2D eigenvalue weighted by atomic mass is 16.5. The molecule has 0 aliphatic rings. The Labute approximate surface area is 101 Å². The fraction of sp³-hybridized carbons (Fsp3) is 0.308. The lowest BCUT2D eigenvalue weighted by Crippen LogP contribution is -2.08. The van der Waals surface area contributed by atoms with Gasteiger partial charge in [-0.2, -0.15) is 0 Å². The summed E-state index contributed by atoms with van der Waals surface area (Å²) in [6, 6.07) is 5.25. The fourth-order valence-electron chi connectivity index (χ4n) is 1.47. The number of hydrogen-bond donors (Lipinski definition) is 0. The van der Waals surface area contributed by atoms with Gasteiger partial charge in [0.1, 0.15) is 11.5 Å². The van der Waals surface area contributed by atoms with Crippen molar-refractivity contribution in [1.29, 1.82) is 0 Å². The second-order valence-electron chi connectivity index (χ2n) is 3.24. The quantitative estimate of drug-likeness (QED) is 0.581. The maximum Gasteiger partial charge on any atom is 0.338 e. The molecule has 1 rings (SSSR count). The average molecular weight is 236 g/mol. The summed E-state index contributed by atoms with van der Waals surface area (Å²) in [5.41, 5.74) is 0.747. The van der Waals surface area contributed by atoms with Gasteiger partial charge in [-0.1, -0.05) is 12.6 Å². The van der Waals surface area contributed by atoms with E-state index in [9.17, 15) is 4.79 Å². The zero-order valence-electron chi connectivity index (χ0n) is 10.3. The molecule has 0 fully saturated rings. The Hall–Kier alpha value is -1.97. The Morgan fingerprint density at radius 2 is 1.76 bits per heavy atom. The van der Waals surface area contributed by atoms with Crippen LogP contribution in [0.15, 0.2) is 24.8 Å². The fourth-order valence-corrected chi connectivity index (χ4v) is 1.47. The smallest absolute Gasteiger partial charge is 0.338 e. The van der Waals surface area contributed by atoms with Crippen molar-refractivity contribution in [3.8, 4) is 11.5 Å². The lowest BCUT2D eigenvalue weighted by atomic mass is 10.1. The van der Waals surface area contributed by atoms with Crippen LogP contribution in [-0.4, -0.2) is 26.8 Å². The van der Waals surface area contributed by atoms with Crippen LogP contribution in [0.1, 0.15) is 12.5 Å². The first-order valence-electron chi connectivity index (χ1n) is 5.23. The van der Waals surface area contributed by atoms with E-state index >= 15 is 0 Å². The summed E-state index contributed by atoms with van der Waals surface area (Å²) in [5, 5.41) is 0. The molecule has 1 aromatic carbocycles. The number of ether oxygens (including phenoxy) is 3. The van der Waals surface area contributed by atoms with Crippen LogP contribution in [-0.2, 0) is 9.53 Å². The van der Waals surface area contributed by atoms with Crippen molar-refractivity contribution < 1.29 is 19.0 Å². The Balaban J connectivity index is 3.18. The summed E-state index contributed by atoms with van der Waals surface area (Å²) in [7, 11) is 3.05. The van der Waals surface area contributed by atoms with E-state index in [2.05, 4.69) is 6.58 Å². The minimum absolute atomic E-state index is 0.223. The molecule has 0 N–H and O–H groups in total. The van der Waals surface area contributed by atoms with Gasteiger partial charge in [0.05, 0.1) is 32.0 Å². The predicted octanol–water partition coefficient (Wildman–Crippen LogP) is 2.28. The average Bonchev–Trinajstić information content (AvgIpc) is 2.37. The standard InChI is InChI=1S/C13H16O4/c1-5-17-13(14)9(2)12-10(15-3)7-6-8-11(12)16-4/h6-8H,2,5H2,1,3-4H3. The molecule has 0 aliphatic carbocycles. The minimum atomic E-state index is -0.477. The van der Waals surface area contributed by atoms with E-state index in [1.54, 1.807) is 25.1 Å². The third-order valence-corrected chi connectivity index (χ3v) is 2.25. The molecular weight excluding hydrogens is 220 g/mol. The summed E-state index contributed by atoms with van der Waals surface area (Å²) in [6.07, 6.45) is 0. The van der Waals surface area contributed by atoms with Gasteiger partial charge in [0, 0.05) is 0 Å². The molecule has 1 aromatic rings. The first-order valence-corrected chi connectivity index (χ1v) is 5.23. The molecule has 92 valence electrons. The van der Waals surface area contributed by atoms with E-state index in [0.29, 0.717) is 23.7 Å². The zero-order valence-corrected chi connectivity index (χ0v) is 10.3. The van der Waals surface area contributed by atoms with E-state index in [4.69, 9.17) is 14.2 Å². The van der Waals surface area contributed by atoms with Gasteiger partial charge in [0.15, 0.2) is 0 Å². The molecule has 0 bridgehead atoms. The summed E-state index contributed by atoms with van der Waals surface area (Å²) in [5.74, 6) is 0.583. The van der Waals surface area contributed by atoms with Gasteiger partial charge in [0.25, 0.3) is 0 Å². The van der Waals surface area contributed by atoms with Crippen molar-refractivity contribution in [2.45, 2.75) is 6.92 Å². The van der Waals surface area contributed by atoms with Crippen molar-refractivity contribution in [2.75, 3.05) is 20.8 Å². The van der Waals surface area contributed by atoms with Crippen LogP contribution >= 0.6 is 0 Å². The maximum absolute atomic E-state index is 11.6. The van der Waals surface area contributed by atoms with Gasteiger partial charge in [0.2, 0.25) is 0 Å². The van der Waals surface area contributed by atoms with E-state index in [-0.39, 0.29) is 5.57 Å². The molecule has 0 atom stereocenters.